The maximum Gasteiger partial charge on any atom is 0.228 e. The summed E-state index contributed by atoms with van der Waals surface area (Å²) < 4.78 is 5.12. The Balaban J connectivity index is 1.49. The van der Waals surface area contributed by atoms with E-state index >= 15 is 0 Å². The first kappa shape index (κ1) is 16.0. The summed E-state index contributed by atoms with van der Waals surface area (Å²) >= 11 is 0. The van der Waals surface area contributed by atoms with Gasteiger partial charge in [0.1, 0.15) is 5.75 Å². The van der Waals surface area contributed by atoms with Crippen LogP contribution in [0.4, 0.5) is 5.69 Å². The van der Waals surface area contributed by atoms with E-state index in [2.05, 4.69) is 15.6 Å². The minimum absolute atomic E-state index is 0.105. The van der Waals surface area contributed by atoms with Crippen LogP contribution in [0.2, 0.25) is 0 Å². The second-order valence-corrected chi connectivity index (χ2v) is 5.71. The topological polar surface area (TPSA) is 80.3 Å². The first-order valence-corrected chi connectivity index (χ1v) is 7.80. The van der Waals surface area contributed by atoms with E-state index in [9.17, 15) is 9.59 Å². The van der Waals surface area contributed by atoms with Crippen molar-refractivity contribution in [3.63, 3.8) is 0 Å². The average Bonchev–Trinajstić information content (AvgIpc) is 3.42. The summed E-state index contributed by atoms with van der Waals surface area (Å²) in [6, 6.07) is 12.7. The molecule has 3 rings (SSSR count). The predicted molar refractivity (Wildman–Crippen MR) is 89.3 cm³/mol. The van der Waals surface area contributed by atoms with Crippen LogP contribution in [0.3, 0.4) is 0 Å². The molecule has 1 aromatic carbocycles. The van der Waals surface area contributed by atoms with Crippen LogP contribution in [0.15, 0.2) is 48.7 Å². The highest BCUT2D eigenvalue weighted by Crippen LogP contribution is 2.39. The number of amides is 2. The molecule has 0 bridgehead atoms. The Labute approximate surface area is 140 Å². The number of ether oxygens (including phenoxy) is 1. The van der Waals surface area contributed by atoms with Crippen molar-refractivity contribution in [1.29, 1.82) is 0 Å². The van der Waals surface area contributed by atoms with Gasteiger partial charge in [0.05, 0.1) is 31.2 Å². The molecular weight excluding hydrogens is 306 g/mol. The highest BCUT2D eigenvalue weighted by Gasteiger charge is 2.47. The molecule has 2 aromatic rings. The fourth-order valence-corrected chi connectivity index (χ4v) is 2.52. The van der Waals surface area contributed by atoms with Gasteiger partial charge in [-0.25, -0.2) is 0 Å². The van der Waals surface area contributed by atoms with Gasteiger partial charge in [-0.3, -0.25) is 14.6 Å². The second kappa shape index (κ2) is 7.12. The Bertz CT molecular complexity index is 733. The zero-order valence-corrected chi connectivity index (χ0v) is 13.4. The van der Waals surface area contributed by atoms with Crippen LogP contribution in [0.5, 0.6) is 5.75 Å². The van der Waals surface area contributed by atoms with Crippen molar-refractivity contribution in [2.75, 3.05) is 12.4 Å². The molecule has 0 aliphatic heterocycles. The molecule has 124 valence electrons. The summed E-state index contributed by atoms with van der Waals surface area (Å²) in [6.45, 7) is 0.375. The lowest BCUT2D eigenvalue weighted by atomic mass is 10.2. The second-order valence-electron chi connectivity index (χ2n) is 5.71. The number of pyridine rings is 1. The molecule has 1 saturated carbocycles. The molecule has 1 heterocycles. The van der Waals surface area contributed by atoms with E-state index in [1.54, 1.807) is 37.6 Å². The van der Waals surface area contributed by atoms with Crippen molar-refractivity contribution in [3.8, 4) is 5.75 Å². The smallest absolute Gasteiger partial charge is 0.228 e. The van der Waals surface area contributed by atoms with Crippen molar-refractivity contribution in [2.45, 2.75) is 13.0 Å². The molecule has 2 N–H and O–H groups in total. The van der Waals surface area contributed by atoms with Crippen molar-refractivity contribution < 1.29 is 14.3 Å². The summed E-state index contributed by atoms with van der Waals surface area (Å²) in [5.41, 5.74) is 1.46. The third-order valence-corrected chi connectivity index (χ3v) is 3.97. The number of hydrogen-bond acceptors (Lipinski definition) is 4. The van der Waals surface area contributed by atoms with Crippen LogP contribution in [0.25, 0.3) is 0 Å². The van der Waals surface area contributed by atoms with Crippen molar-refractivity contribution in [1.82, 2.24) is 10.3 Å². The Kier molecular flexibility index (Phi) is 4.74. The standard InChI is InChI=1S/C18H19N3O3/c1-24-14-7-4-6-12(9-14)21-18(23)16-10-15(16)17(22)20-11-13-5-2-3-8-19-13/h2-9,15-16H,10-11H2,1H3,(H,20,22)(H,21,23). The average molecular weight is 325 g/mol. The van der Waals surface area contributed by atoms with Crippen molar-refractivity contribution in [2.24, 2.45) is 11.8 Å². The maximum absolute atomic E-state index is 12.2. The number of carbonyl (C=O) groups is 2. The first-order chi connectivity index (χ1) is 11.7. The number of nitrogens with zero attached hydrogens (tertiary/aromatic N) is 1. The number of methoxy groups -OCH3 is 1. The van der Waals surface area contributed by atoms with E-state index in [-0.39, 0.29) is 23.7 Å². The number of benzene rings is 1. The van der Waals surface area contributed by atoms with E-state index in [0.717, 1.165) is 5.69 Å². The van der Waals surface area contributed by atoms with Gasteiger partial charge in [0, 0.05) is 18.0 Å². The van der Waals surface area contributed by atoms with Crippen LogP contribution in [-0.4, -0.2) is 23.9 Å². The highest BCUT2D eigenvalue weighted by molar-refractivity contribution is 5.99. The van der Waals surface area contributed by atoms with Crippen molar-refractivity contribution >= 4 is 17.5 Å². The van der Waals surface area contributed by atoms with Crippen LogP contribution in [0.1, 0.15) is 12.1 Å². The van der Waals surface area contributed by atoms with Gasteiger partial charge in [-0.15, -0.1) is 0 Å². The lowest BCUT2D eigenvalue weighted by Gasteiger charge is -2.07. The number of rotatable bonds is 6. The molecule has 2 amide bonds. The number of carbonyl (C=O) groups excluding carboxylic acids is 2. The monoisotopic (exact) mass is 325 g/mol. The van der Waals surface area contributed by atoms with Crippen LogP contribution < -0.4 is 15.4 Å². The van der Waals surface area contributed by atoms with Crippen LogP contribution in [0, 0.1) is 11.8 Å². The van der Waals surface area contributed by atoms with Gasteiger partial charge in [0.15, 0.2) is 0 Å². The largest absolute Gasteiger partial charge is 0.497 e. The van der Waals surface area contributed by atoms with E-state index in [1.807, 2.05) is 18.2 Å². The fraction of sp³-hybridized carbons (Fsp3) is 0.278. The first-order valence-electron chi connectivity index (χ1n) is 7.80. The van der Waals surface area contributed by atoms with E-state index < -0.39 is 0 Å². The molecule has 6 heteroatoms. The maximum atomic E-state index is 12.2. The van der Waals surface area contributed by atoms with Gasteiger partial charge in [-0.05, 0) is 30.7 Å². The van der Waals surface area contributed by atoms with E-state index in [4.69, 9.17) is 4.74 Å². The summed E-state index contributed by atoms with van der Waals surface area (Å²) in [5.74, 6) is -0.111. The zero-order chi connectivity index (χ0) is 16.9. The van der Waals surface area contributed by atoms with Crippen LogP contribution in [-0.2, 0) is 16.1 Å². The number of nitrogens with one attached hydrogen (secondary N) is 2. The van der Waals surface area contributed by atoms with E-state index in [0.29, 0.717) is 24.4 Å². The summed E-state index contributed by atoms with van der Waals surface area (Å²) in [4.78, 5) is 28.5. The molecule has 6 nitrogen and oxygen atoms in total. The zero-order valence-electron chi connectivity index (χ0n) is 13.4. The van der Waals surface area contributed by atoms with Gasteiger partial charge in [0.2, 0.25) is 11.8 Å². The minimum atomic E-state index is -0.278. The van der Waals surface area contributed by atoms with Gasteiger partial charge in [-0.2, -0.15) is 0 Å². The lowest BCUT2D eigenvalue weighted by molar-refractivity contribution is -0.125. The summed E-state index contributed by atoms with van der Waals surface area (Å²) in [6.07, 6.45) is 2.26. The van der Waals surface area contributed by atoms with Gasteiger partial charge >= 0.3 is 0 Å². The normalized spacial score (nSPS) is 18.5. The summed E-state index contributed by atoms with van der Waals surface area (Å²) in [7, 11) is 1.57. The highest BCUT2D eigenvalue weighted by atomic mass is 16.5. The molecule has 0 saturated heterocycles. The SMILES string of the molecule is COc1cccc(NC(=O)C2CC2C(=O)NCc2ccccn2)c1. The Hall–Kier alpha value is -2.89. The number of aromatic nitrogens is 1. The summed E-state index contributed by atoms with van der Waals surface area (Å²) in [5, 5.41) is 5.65. The Morgan fingerprint density at radius 2 is 2.00 bits per heavy atom. The predicted octanol–water partition coefficient (Wildman–Crippen LogP) is 1.98. The molecule has 0 spiro atoms. The quantitative estimate of drug-likeness (QED) is 0.851. The molecule has 1 aromatic heterocycles. The Morgan fingerprint density at radius 3 is 2.75 bits per heavy atom. The van der Waals surface area contributed by atoms with Gasteiger partial charge in [-0.1, -0.05) is 12.1 Å². The van der Waals surface area contributed by atoms with E-state index in [1.165, 1.54) is 0 Å². The third kappa shape index (κ3) is 3.90. The molecule has 24 heavy (non-hydrogen) atoms. The number of anilines is 1. The molecule has 1 aliphatic rings. The number of hydrogen-bond donors (Lipinski definition) is 2. The van der Waals surface area contributed by atoms with Gasteiger partial charge < -0.3 is 15.4 Å². The Morgan fingerprint density at radius 1 is 1.17 bits per heavy atom. The third-order valence-electron chi connectivity index (χ3n) is 3.97. The molecular formula is C18H19N3O3. The molecule has 1 aliphatic carbocycles. The fourth-order valence-electron chi connectivity index (χ4n) is 2.52. The van der Waals surface area contributed by atoms with Crippen LogP contribution >= 0.6 is 0 Å². The molecule has 0 radical (unpaired) electrons. The molecule has 2 atom stereocenters. The minimum Gasteiger partial charge on any atom is -0.497 e. The van der Waals surface area contributed by atoms with Gasteiger partial charge in [0.25, 0.3) is 0 Å². The van der Waals surface area contributed by atoms with Crippen molar-refractivity contribution in [3.05, 3.63) is 54.4 Å². The molecule has 2 unspecified atom stereocenters. The molecule has 1 fully saturated rings. The lowest BCUT2D eigenvalue weighted by Crippen LogP contribution is -2.27.